The van der Waals surface area contributed by atoms with Gasteiger partial charge in [0.05, 0.1) is 48.4 Å². The number of aromatic carboxylic acids is 1. The van der Waals surface area contributed by atoms with Crippen LogP contribution < -0.4 is 4.31 Å². The number of fused-ring (bicyclic) bond motifs is 1. The molecule has 2 aromatic carbocycles. The smallest absolute Gasteiger partial charge is 0.335 e. The third kappa shape index (κ3) is 4.51. The van der Waals surface area contributed by atoms with Crippen LogP contribution in [0.5, 0.6) is 0 Å². The summed E-state index contributed by atoms with van der Waals surface area (Å²) in [6.45, 7) is 2.01. The molecule has 200 valence electrons. The normalized spacial score (nSPS) is 20.4. The molecule has 2 aliphatic heterocycles. The fourth-order valence-corrected chi connectivity index (χ4v) is 6.94. The first kappa shape index (κ1) is 25.8. The number of carbonyl (C=O) groups is 2. The molecular formula is C25H23F3N4O5S. The van der Waals surface area contributed by atoms with Crippen LogP contribution in [0.1, 0.15) is 40.0 Å². The molecule has 2 atom stereocenters. The summed E-state index contributed by atoms with van der Waals surface area (Å²) in [5.41, 5.74) is 1.16. The van der Waals surface area contributed by atoms with Gasteiger partial charge in [-0.25, -0.2) is 26.4 Å². The number of anilines is 1. The maximum Gasteiger partial charge on any atom is 0.335 e. The van der Waals surface area contributed by atoms with E-state index in [1.165, 1.54) is 21.5 Å². The fraction of sp³-hybridized carbons (Fsp3) is 0.320. The SMILES string of the molecule is C[C@H]1Cn2ncc(N3CC(c4ccccc4C(=O)O)CS3(=O)=O)c2CN1C(=O)Cc1cc(F)c(F)c(F)c1. The van der Waals surface area contributed by atoms with Crippen LogP contribution in [0.25, 0.3) is 0 Å². The van der Waals surface area contributed by atoms with Gasteiger partial charge in [0.25, 0.3) is 0 Å². The van der Waals surface area contributed by atoms with E-state index in [1.54, 1.807) is 29.8 Å². The van der Waals surface area contributed by atoms with Gasteiger partial charge in [0.2, 0.25) is 15.9 Å². The van der Waals surface area contributed by atoms with Crippen LogP contribution in [0.4, 0.5) is 18.9 Å². The minimum Gasteiger partial charge on any atom is -0.478 e. The number of hydrogen-bond acceptors (Lipinski definition) is 5. The van der Waals surface area contributed by atoms with Crippen molar-refractivity contribution in [2.45, 2.75) is 38.4 Å². The molecule has 1 amide bonds. The average molecular weight is 549 g/mol. The van der Waals surface area contributed by atoms with Crippen LogP contribution in [-0.2, 0) is 34.3 Å². The highest BCUT2D eigenvalue weighted by atomic mass is 32.2. The summed E-state index contributed by atoms with van der Waals surface area (Å²) < 4.78 is 69.8. The van der Waals surface area contributed by atoms with E-state index in [1.807, 2.05) is 0 Å². The predicted molar refractivity (Wildman–Crippen MR) is 130 cm³/mol. The topological polar surface area (TPSA) is 113 Å². The minimum absolute atomic E-state index is 0.00293. The molecule has 0 bridgehead atoms. The third-order valence-corrected chi connectivity index (χ3v) is 8.81. The maximum absolute atomic E-state index is 13.6. The molecule has 2 aliphatic rings. The molecule has 0 radical (unpaired) electrons. The number of benzene rings is 2. The number of amides is 1. The predicted octanol–water partition coefficient (Wildman–Crippen LogP) is 2.91. The highest BCUT2D eigenvalue weighted by molar-refractivity contribution is 7.93. The van der Waals surface area contributed by atoms with Crippen LogP contribution in [0.3, 0.4) is 0 Å². The van der Waals surface area contributed by atoms with Crippen molar-refractivity contribution < 1.29 is 36.3 Å². The van der Waals surface area contributed by atoms with E-state index in [9.17, 15) is 36.3 Å². The summed E-state index contributed by atoms with van der Waals surface area (Å²) >= 11 is 0. The van der Waals surface area contributed by atoms with Gasteiger partial charge in [-0.2, -0.15) is 5.10 Å². The molecule has 0 saturated carbocycles. The average Bonchev–Trinajstić information content (AvgIpc) is 3.40. The van der Waals surface area contributed by atoms with Gasteiger partial charge >= 0.3 is 5.97 Å². The summed E-state index contributed by atoms with van der Waals surface area (Å²) in [5, 5.41) is 13.9. The number of hydrogen-bond donors (Lipinski definition) is 1. The van der Waals surface area contributed by atoms with Gasteiger partial charge in [-0.15, -0.1) is 0 Å². The number of carboxylic acid groups (broad SMARTS) is 1. The Bertz CT molecular complexity index is 1540. The number of halogens is 3. The van der Waals surface area contributed by atoms with Gasteiger partial charge in [0, 0.05) is 18.5 Å². The van der Waals surface area contributed by atoms with Crippen molar-refractivity contribution in [3.05, 3.63) is 82.4 Å². The molecular weight excluding hydrogens is 525 g/mol. The molecule has 1 saturated heterocycles. The lowest BCUT2D eigenvalue weighted by Crippen LogP contribution is -2.46. The molecule has 13 heteroatoms. The van der Waals surface area contributed by atoms with Crippen LogP contribution in [0.2, 0.25) is 0 Å². The quantitative estimate of drug-likeness (QED) is 0.491. The number of nitrogens with zero attached hydrogens (tertiary/aromatic N) is 4. The zero-order valence-electron chi connectivity index (χ0n) is 20.1. The number of carboxylic acids is 1. The molecule has 1 fully saturated rings. The summed E-state index contributed by atoms with van der Waals surface area (Å²) in [5.74, 6) is -6.90. The Labute approximate surface area is 216 Å². The van der Waals surface area contributed by atoms with Gasteiger partial charge in [0.15, 0.2) is 17.5 Å². The van der Waals surface area contributed by atoms with Crippen molar-refractivity contribution in [1.29, 1.82) is 0 Å². The monoisotopic (exact) mass is 548 g/mol. The second-order valence-electron chi connectivity index (χ2n) is 9.48. The number of rotatable bonds is 5. The zero-order valence-corrected chi connectivity index (χ0v) is 21.0. The number of carbonyl (C=O) groups excluding carboxylic acids is 1. The van der Waals surface area contributed by atoms with Crippen LogP contribution in [-0.4, -0.2) is 58.4 Å². The molecule has 1 aromatic heterocycles. The Kier molecular flexibility index (Phi) is 6.41. The molecule has 0 spiro atoms. The molecule has 1 N–H and O–H groups in total. The molecule has 3 heterocycles. The summed E-state index contributed by atoms with van der Waals surface area (Å²) in [6.07, 6.45) is 1.03. The Morgan fingerprint density at radius 1 is 1.11 bits per heavy atom. The lowest BCUT2D eigenvalue weighted by atomic mass is 9.95. The first-order chi connectivity index (χ1) is 18.0. The minimum atomic E-state index is -3.83. The van der Waals surface area contributed by atoms with Gasteiger partial charge in [-0.1, -0.05) is 18.2 Å². The number of aromatic nitrogens is 2. The van der Waals surface area contributed by atoms with Gasteiger partial charge in [0.1, 0.15) is 0 Å². The van der Waals surface area contributed by atoms with E-state index in [4.69, 9.17) is 0 Å². The zero-order chi connectivity index (χ0) is 27.4. The highest BCUT2D eigenvalue weighted by Crippen LogP contribution is 2.37. The third-order valence-electron chi connectivity index (χ3n) is 6.97. The van der Waals surface area contributed by atoms with Crippen molar-refractivity contribution in [3.8, 4) is 0 Å². The fourth-order valence-electron chi connectivity index (χ4n) is 5.11. The lowest BCUT2D eigenvalue weighted by molar-refractivity contribution is -0.134. The Balaban J connectivity index is 1.41. The van der Waals surface area contributed by atoms with Gasteiger partial charge < -0.3 is 10.0 Å². The van der Waals surface area contributed by atoms with E-state index in [0.717, 1.165) is 12.1 Å². The van der Waals surface area contributed by atoms with E-state index in [-0.39, 0.29) is 54.7 Å². The molecule has 0 aliphatic carbocycles. The van der Waals surface area contributed by atoms with Crippen LogP contribution >= 0.6 is 0 Å². The van der Waals surface area contributed by atoms with Gasteiger partial charge in [-0.3, -0.25) is 13.8 Å². The molecule has 38 heavy (non-hydrogen) atoms. The van der Waals surface area contributed by atoms with E-state index in [2.05, 4.69) is 5.10 Å². The van der Waals surface area contributed by atoms with E-state index >= 15 is 0 Å². The highest BCUT2D eigenvalue weighted by Gasteiger charge is 2.41. The first-order valence-electron chi connectivity index (χ1n) is 11.8. The maximum atomic E-state index is 13.6. The molecule has 1 unspecified atom stereocenters. The molecule has 5 rings (SSSR count). The largest absolute Gasteiger partial charge is 0.478 e. The van der Waals surface area contributed by atoms with E-state index < -0.39 is 45.3 Å². The first-order valence-corrected chi connectivity index (χ1v) is 13.4. The van der Waals surface area contributed by atoms with Crippen molar-refractivity contribution >= 4 is 27.6 Å². The van der Waals surface area contributed by atoms with E-state index in [0.29, 0.717) is 11.3 Å². The van der Waals surface area contributed by atoms with Crippen molar-refractivity contribution in [1.82, 2.24) is 14.7 Å². The second-order valence-corrected chi connectivity index (χ2v) is 11.4. The second kappa shape index (κ2) is 9.46. The van der Waals surface area contributed by atoms with Crippen molar-refractivity contribution in [2.75, 3.05) is 16.6 Å². The van der Waals surface area contributed by atoms with Crippen molar-refractivity contribution in [3.63, 3.8) is 0 Å². The summed E-state index contributed by atoms with van der Waals surface area (Å²) in [4.78, 5) is 26.2. The number of sulfonamides is 1. The van der Waals surface area contributed by atoms with Gasteiger partial charge in [-0.05, 0) is 36.2 Å². The molecule has 3 aromatic rings. The van der Waals surface area contributed by atoms with Crippen molar-refractivity contribution in [2.24, 2.45) is 0 Å². The Morgan fingerprint density at radius 2 is 1.79 bits per heavy atom. The summed E-state index contributed by atoms with van der Waals surface area (Å²) in [6, 6.07) is 7.44. The van der Waals surface area contributed by atoms with Crippen LogP contribution in [0.15, 0.2) is 42.6 Å². The van der Waals surface area contributed by atoms with Crippen LogP contribution in [0, 0.1) is 17.5 Å². The lowest BCUT2D eigenvalue weighted by Gasteiger charge is -2.35. The summed E-state index contributed by atoms with van der Waals surface area (Å²) in [7, 11) is -3.83. The Morgan fingerprint density at radius 3 is 2.47 bits per heavy atom. The standard InChI is InChI=1S/C25H23F3N4O5S/c1-14-10-31-22(12-30(14)23(33)8-15-6-19(26)24(28)20(27)7-15)21(9-29-31)32-11-16(13-38(32,36)37)17-4-2-3-5-18(17)25(34)35/h2-7,9,14,16H,8,10-13H2,1H3,(H,34,35)/t14-,16?/m0/s1. The Hall–Kier alpha value is -3.87. The molecule has 9 nitrogen and oxygen atoms in total.